The maximum absolute atomic E-state index is 6.39. The van der Waals surface area contributed by atoms with Crippen LogP contribution in [-0.2, 0) is 19.4 Å². The van der Waals surface area contributed by atoms with E-state index in [1.807, 2.05) is 66.7 Å². The van der Waals surface area contributed by atoms with Crippen molar-refractivity contribution >= 4 is 22.6 Å². The summed E-state index contributed by atoms with van der Waals surface area (Å²) in [7, 11) is 0. The second kappa shape index (κ2) is 8.97. The lowest BCUT2D eigenvalue weighted by Gasteiger charge is -2.13. The molecule has 0 saturated carbocycles. The number of rotatable bonds is 8. The monoisotopic (exact) mass is 402 g/mol. The number of para-hydroxylation sites is 3. The van der Waals surface area contributed by atoms with Gasteiger partial charge >= 0.3 is 0 Å². The topological polar surface area (TPSA) is 27.1 Å². The van der Waals surface area contributed by atoms with Gasteiger partial charge in [0.25, 0.3) is 0 Å². The van der Waals surface area contributed by atoms with Crippen LogP contribution >= 0.6 is 11.6 Å². The lowest BCUT2D eigenvalue weighted by atomic mass is 10.1. The maximum atomic E-state index is 6.39. The van der Waals surface area contributed by atoms with Gasteiger partial charge in [0, 0.05) is 11.4 Å². The molecule has 3 aromatic carbocycles. The molecule has 4 rings (SSSR count). The summed E-state index contributed by atoms with van der Waals surface area (Å²) in [4.78, 5) is 4.86. The normalized spacial score (nSPS) is 10.9. The molecule has 0 amide bonds. The van der Waals surface area contributed by atoms with E-state index >= 15 is 0 Å². The van der Waals surface area contributed by atoms with Crippen molar-refractivity contribution in [2.45, 2.75) is 19.4 Å². The Morgan fingerprint density at radius 1 is 0.931 bits per heavy atom. The first-order valence-electron chi connectivity index (χ1n) is 9.75. The Bertz CT molecular complexity index is 1130. The molecule has 0 radical (unpaired) electrons. The van der Waals surface area contributed by atoms with E-state index in [0.717, 1.165) is 45.2 Å². The number of benzene rings is 3. The number of imidazole rings is 1. The molecule has 3 nitrogen and oxygen atoms in total. The fourth-order valence-corrected chi connectivity index (χ4v) is 3.74. The smallest absolute Gasteiger partial charge is 0.122 e. The standard InChI is InChI=1S/C25H23ClN2O/c1-2-9-19-10-4-8-15-24(19)29-17-16-28-23-14-7-6-13-22(23)27-25(28)18-20-11-3-5-12-21(20)26/h2-8,10-15H,1,9,16-18H2. The molecule has 0 atom stereocenters. The fourth-order valence-electron chi connectivity index (χ4n) is 3.54. The number of hydrogen-bond donors (Lipinski definition) is 0. The predicted molar refractivity (Wildman–Crippen MR) is 120 cm³/mol. The molecule has 146 valence electrons. The lowest BCUT2D eigenvalue weighted by molar-refractivity contribution is 0.296. The van der Waals surface area contributed by atoms with Crippen LogP contribution in [0.4, 0.5) is 0 Å². The molecular weight excluding hydrogens is 380 g/mol. The molecular formula is C25H23ClN2O. The highest BCUT2D eigenvalue weighted by Gasteiger charge is 2.13. The fraction of sp³-hybridized carbons (Fsp3) is 0.160. The zero-order valence-electron chi connectivity index (χ0n) is 16.2. The van der Waals surface area contributed by atoms with E-state index in [4.69, 9.17) is 21.3 Å². The number of fused-ring (bicyclic) bond motifs is 1. The highest BCUT2D eigenvalue weighted by atomic mass is 35.5. The lowest BCUT2D eigenvalue weighted by Crippen LogP contribution is -2.12. The molecule has 4 heteroatoms. The van der Waals surface area contributed by atoms with Crippen LogP contribution in [0.2, 0.25) is 5.02 Å². The van der Waals surface area contributed by atoms with Crippen LogP contribution in [-0.4, -0.2) is 16.2 Å². The zero-order valence-corrected chi connectivity index (χ0v) is 17.0. The number of allylic oxidation sites excluding steroid dienone is 1. The zero-order chi connectivity index (χ0) is 20.1. The third kappa shape index (κ3) is 4.36. The number of hydrogen-bond acceptors (Lipinski definition) is 2. The molecule has 0 fully saturated rings. The minimum atomic E-state index is 0.560. The van der Waals surface area contributed by atoms with Gasteiger partial charge in [-0.05, 0) is 41.8 Å². The summed E-state index contributed by atoms with van der Waals surface area (Å²) in [6.07, 6.45) is 3.37. The van der Waals surface area contributed by atoms with Gasteiger partial charge in [-0.2, -0.15) is 0 Å². The van der Waals surface area contributed by atoms with E-state index in [-0.39, 0.29) is 0 Å². The van der Waals surface area contributed by atoms with Crippen LogP contribution in [0.25, 0.3) is 11.0 Å². The number of halogens is 1. The average molecular weight is 403 g/mol. The summed E-state index contributed by atoms with van der Waals surface area (Å²) < 4.78 is 8.35. The highest BCUT2D eigenvalue weighted by Crippen LogP contribution is 2.23. The Labute approximate surface area is 176 Å². The molecule has 1 heterocycles. The molecule has 0 N–H and O–H groups in total. The van der Waals surface area contributed by atoms with Crippen molar-refractivity contribution < 1.29 is 4.74 Å². The SMILES string of the molecule is C=CCc1ccccc1OCCn1c(Cc2ccccc2Cl)nc2ccccc21. The minimum Gasteiger partial charge on any atom is -0.491 e. The predicted octanol–water partition coefficient (Wildman–Crippen LogP) is 6.09. The summed E-state index contributed by atoms with van der Waals surface area (Å²) in [5.41, 5.74) is 4.32. The Morgan fingerprint density at radius 3 is 2.48 bits per heavy atom. The van der Waals surface area contributed by atoms with Crippen molar-refractivity contribution in [3.05, 3.63) is 107 Å². The van der Waals surface area contributed by atoms with Crippen molar-refractivity contribution in [2.24, 2.45) is 0 Å². The molecule has 0 saturated heterocycles. The van der Waals surface area contributed by atoms with Crippen LogP contribution in [0.1, 0.15) is 17.0 Å². The summed E-state index contributed by atoms with van der Waals surface area (Å²) in [6, 6.07) is 24.2. The minimum absolute atomic E-state index is 0.560. The Hall–Kier alpha value is -3.04. The van der Waals surface area contributed by atoms with Gasteiger partial charge in [0.15, 0.2) is 0 Å². The van der Waals surface area contributed by atoms with Crippen LogP contribution in [0.15, 0.2) is 85.5 Å². The average Bonchev–Trinajstić information content (AvgIpc) is 3.08. The third-order valence-electron chi connectivity index (χ3n) is 4.95. The van der Waals surface area contributed by atoms with E-state index in [1.54, 1.807) is 0 Å². The van der Waals surface area contributed by atoms with E-state index in [1.165, 1.54) is 0 Å². The van der Waals surface area contributed by atoms with Crippen molar-refractivity contribution in [3.8, 4) is 5.75 Å². The van der Waals surface area contributed by atoms with Gasteiger partial charge in [-0.3, -0.25) is 0 Å². The molecule has 0 bridgehead atoms. The number of ether oxygens (including phenoxy) is 1. The summed E-state index contributed by atoms with van der Waals surface area (Å²) in [6.45, 7) is 5.10. The first-order chi connectivity index (χ1) is 14.3. The quantitative estimate of drug-likeness (QED) is 0.333. The second-order valence-electron chi connectivity index (χ2n) is 6.89. The summed E-state index contributed by atoms with van der Waals surface area (Å²) >= 11 is 6.39. The van der Waals surface area contributed by atoms with Crippen molar-refractivity contribution in [3.63, 3.8) is 0 Å². The second-order valence-corrected chi connectivity index (χ2v) is 7.29. The van der Waals surface area contributed by atoms with Gasteiger partial charge < -0.3 is 9.30 Å². The molecule has 29 heavy (non-hydrogen) atoms. The van der Waals surface area contributed by atoms with Gasteiger partial charge in [-0.1, -0.05) is 66.2 Å². The van der Waals surface area contributed by atoms with Crippen LogP contribution in [0, 0.1) is 0 Å². The van der Waals surface area contributed by atoms with Crippen molar-refractivity contribution in [1.29, 1.82) is 0 Å². The van der Waals surface area contributed by atoms with Gasteiger partial charge in [-0.15, -0.1) is 6.58 Å². The number of nitrogens with zero attached hydrogens (tertiary/aromatic N) is 2. The molecule has 4 aromatic rings. The first-order valence-corrected chi connectivity index (χ1v) is 10.1. The summed E-state index contributed by atoms with van der Waals surface area (Å²) in [5, 5.41) is 0.765. The van der Waals surface area contributed by atoms with E-state index in [2.05, 4.69) is 23.3 Å². The highest BCUT2D eigenvalue weighted by molar-refractivity contribution is 6.31. The van der Waals surface area contributed by atoms with Crippen molar-refractivity contribution in [1.82, 2.24) is 9.55 Å². The Balaban J connectivity index is 1.58. The van der Waals surface area contributed by atoms with Crippen LogP contribution < -0.4 is 4.74 Å². The van der Waals surface area contributed by atoms with Crippen LogP contribution in [0.5, 0.6) is 5.75 Å². The Morgan fingerprint density at radius 2 is 1.66 bits per heavy atom. The van der Waals surface area contributed by atoms with Gasteiger partial charge in [0.1, 0.15) is 18.2 Å². The molecule has 0 spiro atoms. The van der Waals surface area contributed by atoms with E-state index < -0.39 is 0 Å². The maximum Gasteiger partial charge on any atom is 0.122 e. The van der Waals surface area contributed by atoms with Crippen LogP contribution in [0.3, 0.4) is 0 Å². The number of aromatic nitrogens is 2. The van der Waals surface area contributed by atoms with E-state index in [0.29, 0.717) is 19.6 Å². The van der Waals surface area contributed by atoms with Gasteiger partial charge in [0.05, 0.1) is 17.6 Å². The molecule has 1 aromatic heterocycles. The first kappa shape index (κ1) is 19.3. The third-order valence-corrected chi connectivity index (χ3v) is 5.32. The molecule has 0 aliphatic heterocycles. The molecule has 0 aliphatic rings. The largest absolute Gasteiger partial charge is 0.491 e. The Kier molecular flexibility index (Phi) is 5.97. The van der Waals surface area contributed by atoms with E-state index in [9.17, 15) is 0 Å². The van der Waals surface area contributed by atoms with Gasteiger partial charge in [0.2, 0.25) is 0 Å². The van der Waals surface area contributed by atoms with Crippen molar-refractivity contribution in [2.75, 3.05) is 6.61 Å². The van der Waals surface area contributed by atoms with Gasteiger partial charge in [-0.25, -0.2) is 4.98 Å². The molecule has 0 aliphatic carbocycles. The summed E-state index contributed by atoms with van der Waals surface area (Å²) in [5.74, 6) is 1.90. The molecule has 0 unspecified atom stereocenters.